The number of fused-ring (bicyclic) bond motifs is 3. The molecule has 0 atom stereocenters. The summed E-state index contributed by atoms with van der Waals surface area (Å²) in [6.45, 7) is 0. The summed E-state index contributed by atoms with van der Waals surface area (Å²) in [4.78, 5) is 25.7. The van der Waals surface area contributed by atoms with Gasteiger partial charge in [-0.05, 0) is 30.3 Å². The van der Waals surface area contributed by atoms with Gasteiger partial charge in [-0.3, -0.25) is 0 Å². The largest absolute Gasteiger partial charge is 0.465 e. The number of esters is 1. The van der Waals surface area contributed by atoms with Crippen LogP contribution in [-0.4, -0.2) is 28.0 Å². The molecule has 28 heavy (non-hydrogen) atoms. The molecule has 3 heterocycles. The molecule has 0 unspecified atom stereocenters. The number of benzene rings is 2. The standard InChI is InChI=1S/C21H13N3O4/c1-26-21(25)13-11-16(20-22-9-10-27-20)23-14-7-8-15-18(17(13)14)28-19(24-15)12-5-3-2-4-6-12/h2-11H,1H3. The SMILES string of the molecule is COC(=O)c1cc(-c2ncco2)nc2ccc3nc(-c4ccccc4)oc3c12. The fourth-order valence-electron chi connectivity index (χ4n) is 3.14. The van der Waals surface area contributed by atoms with E-state index in [2.05, 4.69) is 15.0 Å². The van der Waals surface area contributed by atoms with Gasteiger partial charge in [-0.25, -0.2) is 19.7 Å². The summed E-state index contributed by atoms with van der Waals surface area (Å²) in [7, 11) is 1.33. The normalized spacial score (nSPS) is 11.2. The van der Waals surface area contributed by atoms with E-state index in [0.717, 1.165) is 5.56 Å². The summed E-state index contributed by atoms with van der Waals surface area (Å²) in [6.07, 6.45) is 2.97. The van der Waals surface area contributed by atoms with Crippen molar-refractivity contribution in [2.24, 2.45) is 0 Å². The molecule has 3 aromatic heterocycles. The lowest BCUT2D eigenvalue weighted by Gasteiger charge is -2.07. The van der Waals surface area contributed by atoms with Gasteiger partial charge >= 0.3 is 5.97 Å². The summed E-state index contributed by atoms with van der Waals surface area (Å²) in [5.74, 6) is 0.274. The number of carbonyl (C=O) groups is 1. The number of pyridine rings is 1. The van der Waals surface area contributed by atoms with Crippen LogP contribution in [0, 0.1) is 0 Å². The van der Waals surface area contributed by atoms with E-state index >= 15 is 0 Å². The molecule has 0 radical (unpaired) electrons. The van der Waals surface area contributed by atoms with E-state index in [1.807, 2.05) is 30.3 Å². The number of hydrogen-bond acceptors (Lipinski definition) is 7. The van der Waals surface area contributed by atoms with Crippen LogP contribution < -0.4 is 0 Å². The van der Waals surface area contributed by atoms with Gasteiger partial charge in [-0.15, -0.1) is 0 Å². The average Bonchev–Trinajstić information content (AvgIpc) is 3.42. The van der Waals surface area contributed by atoms with Crippen LogP contribution in [0.4, 0.5) is 0 Å². The lowest BCUT2D eigenvalue weighted by molar-refractivity contribution is 0.0603. The summed E-state index contributed by atoms with van der Waals surface area (Å²) < 4.78 is 16.3. The Morgan fingerprint density at radius 1 is 1.00 bits per heavy atom. The van der Waals surface area contributed by atoms with Gasteiger partial charge in [0, 0.05) is 5.56 Å². The van der Waals surface area contributed by atoms with E-state index in [4.69, 9.17) is 13.6 Å². The summed E-state index contributed by atoms with van der Waals surface area (Å²) in [6, 6.07) is 14.7. The molecule has 0 spiro atoms. The maximum absolute atomic E-state index is 12.5. The predicted molar refractivity (Wildman–Crippen MR) is 102 cm³/mol. The Kier molecular flexibility index (Phi) is 3.65. The monoisotopic (exact) mass is 371 g/mol. The molecule has 7 heteroatoms. The maximum atomic E-state index is 12.5. The molecule has 0 saturated carbocycles. The van der Waals surface area contributed by atoms with Gasteiger partial charge in [-0.2, -0.15) is 0 Å². The van der Waals surface area contributed by atoms with Crippen LogP contribution >= 0.6 is 0 Å². The number of oxazole rings is 2. The molecule has 0 aliphatic carbocycles. The van der Waals surface area contributed by atoms with Crippen LogP contribution in [0.15, 0.2) is 69.8 Å². The van der Waals surface area contributed by atoms with Crippen molar-refractivity contribution in [2.75, 3.05) is 7.11 Å². The smallest absolute Gasteiger partial charge is 0.338 e. The van der Waals surface area contributed by atoms with E-state index in [1.54, 1.807) is 18.2 Å². The Morgan fingerprint density at radius 2 is 1.82 bits per heavy atom. The second kappa shape index (κ2) is 6.31. The van der Waals surface area contributed by atoms with Crippen molar-refractivity contribution >= 4 is 28.0 Å². The first-order valence-electron chi connectivity index (χ1n) is 8.52. The molecule has 0 bridgehead atoms. The second-order valence-corrected chi connectivity index (χ2v) is 6.08. The maximum Gasteiger partial charge on any atom is 0.338 e. The summed E-state index contributed by atoms with van der Waals surface area (Å²) in [5.41, 5.74) is 3.24. The van der Waals surface area contributed by atoms with Gasteiger partial charge < -0.3 is 13.6 Å². The number of methoxy groups -OCH3 is 1. The first kappa shape index (κ1) is 16.2. The minimum absolute atomic E-state index is 0.307. The van der Waals surface area contributed by atoms with Gasteiger partial charge in [0.25, 0.3) is 0 Å². The van der Waals surface area contributed by atoms with Crippen LogP contribution in [0.25, 0.3) is 45.0 Å². The van der Waals surface area contributed by atoms with Crippen molar-refractivity contribution in [3.63, 3.8) is 0 Å². The molecule has 5 rings (SSSR count). The number of nitrogens with zero attached hydrogens (tertiary/aromatic N) is 3. The Balaban J connectivity index is 1.82. The minimum Gasteiger partial charge on any atom is -0.465 e. The van der Waals surface area contributed by atoms with E-state index in [-0.39, 0.29) is 0 Å². The Bertz CT molecular complexity index is 1310. The molecular formula is C21H13N3O4. The van der Waals surface area contributed by atoms with Gasteiger partial charge in [-0.1, -0.05) is 18.2 Å². The molecule has 0 N–H and O–H groups in total. The molecule has 0 saturated heterocycles. The van der Waals surface area contributed by atoms with E-state index in [1.165, 1.54) is 19.6 Å². The zero-order valence-electron chi connectivity index (χ0n) is 14.7. The molecule has 0 fully saturated rings. The molecule has 5 aromatic rings. The highest BCUT2D eigenvalue weighted by Crippen LogP contribution is 2.33. The zero-order valence-corrected chi connectivity index (χ0v) is 14.7. The average molecular weight is 371 g/mol. The first-order chi connectivity index (χ1) is 13.7. The van der Waals surface area contributed by atoms with E-state index < -0.39 is 5.97 Å². The Labute approximate surface area is 158 Å². The van der Waals surface area contributed by atoms with Crippen molar-refractivity contribution in [2.45, 2.75) is 0 Å². The lowest BCUT2D eigenvalue weighted by Crippen LogP contribution is -2.04. The van der Waals surface area contributed by atoms with Crippen LogP contribution in [0.2, 0.25) is 0 Å². The molecule has 0 aliphatic heterocycles. The van der Waals surface area contributed by atoms with E-state index in [9.17, 15) is 4.79 Å². The fraction of sp³-hybridized carbons (Fsp3) is 0.0476. The van der Waals surface area contributed by atoms with E-state index in [0.29, 0.717) is 45.0 Å². The molecule has 2 aromatic carbocycles. The van der Waals surface area contributed by atoms with Crippen molar-refractivity contribution in [3.05, 3.63) is 66.6 Å². The first-order valence-corrected chi connectivity index (χ1v) is 8.52. The molecule has 7 nitrogen and oxygen atoms in total. The second-order valence-electron chi connectivity index (χ2n) is 6.08. The summed E-state index contributed by atoms with van der Waals surface area (Å²) in [5, 5.41) is 0.536. The van der Waals surface area contributed by atoms with Crippen molar-refractivity contribution in [1.29, 1.82) is 0 Å². The molecule has 136 valence electrons. The third-order valence-corrected chi connectivity index (χ3v) is 4.40. The van der Waals surface area contributed by atoms with Crippen molar-refractivity contribution < 1.29 is 18.4 Å². The molecule has 0 aliphatic rings. The number of carbonyl (C=O) groups excluding carboxylic acids is 1. The predicted octanol–water partition coefficient (Wildman–Crippen LogP) is 4.48. The van der Waals surface area contributed by atoms with Crippen LogP contribution in [0.3, 0.4) is 0 Å². The van der Waals surface area contributed by atoms with Crippen LogP contribution in [0.1, 0.15) is 10.4 Å². The third-order valence-electron chi connectivity index (χ3n) is 4.40. The van der Waals surface area contributed by atoms with Gasteiger partial charge in [0.15, 0.2) is 5.58 Å². The van der Waals surface area contributed by atoms with Crippen molar-refractivity contribution in [1.82, 2.24) is 15.0 Å². The topological polar surface area (TPSA) is 91.2 Å². The minimum atomic E-state index is -0.509. The zero-order chi connectivity index (χ0) is 19.1. The third kappa shape index (κ3) is 2.52. The number of ether oxygens (including phenoxy) is 1. The number of hydrogen-bond donors (Lipinski definition) is 0. The number of rotatable bonds is 3. The molecule has 0 amide bonds. The Hall–Kier alpha value is -4.00. The van der Waals surface area contributed by atoms with Crippen molar-refractivity contribution in [3.8, 4) is 23.0 Å². The van der Waals surface area contributed by atoms with Gasteiger partial charge in [0.05, 0.1) is 29.8 Å². The fourth-order valence-corrected chi connectivity index (χ4v) is 3.14. The number of aromatic nitrogens is 3. The van der Waals surface area contributed by atoms with Crippen LogP contribution in [0.5, 0.6) is 0 Å². The van der Waals surface area contributed by atoms with Gasteiger partial charge in [0.2, 0.25) is 11.8 Å². The highest BCUT2D eigenvalue weighted by molar-refractivity contribution is 6.13. The quantitative estimate of drug-likeness (QED) is 0.432. The highest BCUT2D eigenvalue weighted by atomic mass is 16.5. The lowest BCUT2D eigenvalue weighted by atomic mass is 10.1. The molecular weight excluding hydrogens is 358 g/mol. The highest BCUT2D eigenvalue weighted by Gasteiger charge is 2.21. The van der Waals surface area contributed by atoms with Crippen LogP contribution in [-0.2, 0) is 4.74 Å². The summed E-state index contributed by atoms with van der Waals surface area (Å²) >= 11 is 0. The Morgan fingerprint density at radius 3 is 2.57 bits per heavy atom. The van der Waals surface area contributed by atoms with Gasteiger partial charge in [0.1, 0.15) is 17.5 Å².